The van der Waals surface area contributed by atoms with Crippen LogP contribution in [0.1, 0.15) is 5.56 Å². The molecule has 0 atom stereocenters. The van der Waals surface area contributed by atoms with Crippen molar-refractivity contribution in [1.82, 2.24) is 15.5 Å². The monoisotopic (exact) mass is 343 g/mol. The lowest BCUT2D eigenvalue weighted by molar-refractivity contribution is -0.485. The third-order valence-corrected chi connectivity index (χ3v) is 4.40. The van der Waals surface area contributed by atoms with Crippen molar-refractivity contribution in [3.05, 3.63) is 39.9 Å². The van der Waals surface area contributed by atoms with E-state index >= 15 is 0 Å². The molecule has 11 heteroatoms. The third-order valence-electron chi connectivity index (χ3n) is 3.08. The predicted molar refractivity (Wildman–Crippen MR) is 81.5 cm³/mol. The molecular formula is C12H17N5O5S. The first-order valence-electron chi connectivity index (χ1n) is 6.76. The molecule has 2 N–H and O–H groups in total. The highest BCUT2D eigenvalue weighted by Gasteiger charge is 2.18. The molecule has 1 fully saturated rings. The zero-order chi connectivity index (χ0) is 16.9. The summed E-state index contributed by atoms with van der Waals surface area (Å²) in [6.07, 6.45) is 0. The zero-order valence-electron chi connectivity index (χ0n) is 12.4. The van der Waals surface area contributed by atoms with Crippen molar-refractivity contribution in [2.75, 3.05) is 26.5 Å². The molecule has 23 heavy (non-hydrogen) atoms. The number of nitrogens with zero attached hydrogens (tertiary/aromatic N) is 3. The SMILES string of the molecule is Cc1ccc(S(=O)(=O)OCCN2CNC(=N[N+](=O)[O-])NC2)cc1. The summed E-state index contributed by atoms with van der Waals surface area (Å²) in [4.78, 5) is 12.1. The van der Waals surface area contributed by atoms with E-state index in [-0.39, 0.29) is 17.5 Å². The van der Waals surface area contributed by atoms with Gasteiger partial charge in [-0.1, -0.05) is 17.7 Å². The molecule has 2 rings (SSSR count). The number of benzene rings is 1. The highest BCUT2D eigenvalue weighted by Crippen LogP contribution is 2.13. The molecule has 1 aromatic rings. The molecule has 10 nitrogen and oxygen atoms in total. The van der Waals surface area contributed by atoms with E-state index in [2.05, 4.69) is 15.7 Å². The molecule has 0 amide bonds. The maximum Gasteiger partial charge on any atom is 0.297 e. The highest BCUT2D eigenvalue weighted by molar-refractivity contribution is 7.86. The van der Waals surface area contributed by atoms with E-state index in [0.29, 0.717) is 19.9 Å². The van der Waals surface area contributed by atoms with Crippen LogP contribution in [0, 0.1) is 17.0 Å². The van der Waals surface area contributed by atoms with Gasteiger partial charge in [-0.3, -0.25) is 9.08 Å². The maximum absolute atomic E-state index is 12.0. The maximum atomic E-state index is 12.0. The largest absolute Gasteiger partial charge is 0.338 e. The minimum absolute atomic E-state index is 0.0265. The second-order valence-corrected chi connectivity index (χ2v) is 6.46. The number of hydrazone groups is 1. The van der Waals surface area contributed by atoms with Crippen LogP contribution in [0.2, 0.25) is 0 Å². The molecule has 1 aliphatic heterocycles. The predicted octanol–water partition coefficient (Wildman–Crippen LogP) is -0.342. The summed E-state index contributed by atoms with van der Waals surface area (Å²) >= 11 is 0. The molecule has 1 aromatic carbocycles. The summed E-state index contributed by atoms with van der Waals surface area (Å²) in [5.41, 5.74) is 0.960. The third kappa shape index (κ3) is 5.16. The van der Waals surface area contributed by atoms with Crippen molar-refractivity contribution in [3.8, 4) is 0 Å². The van der Waals surface area contributed by atoms with E-state index in [1.54, 1.807) is 17.0 Å². The number of hydrogen-bond donors (Lipinski definition) is 2. The first kappa shape index (κ1) is 17.1. The second kappa shape index (κ2) is 7.35. The number of nitrogens with one attached hydrogen (secondary N) is 2. The quantitative estimate of drug-likeness (QED) is 0.408. The minimum atomic E-state index is -3.79. The fourth-order valence-electron chi connectivity index (χ4n) is 1.85. The Bertz CT molecular complexity index is 678. The van der Waals surface area contributed by atoms with Crippen molar-refractivity contribution in [3.63, 3.8) is 0 Å². The summed E-state index contributed by atoms with van der Waals surface area (Å²) in [6, 6.07) is 6.39. The Morgan fingerprint density at radius 1 is 1.30 bits per heavy atom. The fourth-order valence-corrected chi connectivity index (χ4v) is 2.75. The van der Waals surface area contributed by atoms with Crippen LogP contribution in [0.5, 0.6) is 0 Å². The van der Waals surface area contributed by atoms with Gasteiger partial charge in [-0.15, -0.1) is 0 Å². The number of guanidine groups is 1. The lowest BCUT2D eigenvalue weighted by atomic mass is 10.2. The van der Waals surface area contributed by atoms with Gasteiger partial charge in [0.05, 0.1) is 24.8 Å². The highest BCUT2D eigenvalue weighted by atomic mass is 32.2. The molecule has 0 spiro atoms. The van der Waals surface area contributed by atoms with Gasteiger partial charge in [0.2, 0.25) is 0 Å². The standard InChI is InChI=1S/C12H17N5O5S/c1-10-2-4-11(5-3-10)23(20,21)22-7-6-16-8-13-12(14-9-16)15-17(18)19/h2-5H,6-9H2,1H3,(H2,13,14,15). The van der Waals surface area contributed by atoms with E-state index in [9.17, 15) is 18.5 Å². The van der Waals surface area contributed by atoms with Crippen LogP contribution in [0.25, 0.3) is 0 Å². The van der Waals surface area contributed by atoms with Crippen LogP contribution in [0.15, 0.2) is 34.3 Å². The average Bonchev–Trinajstić information content (AvgIpc) is 2.49. The Kier molecular flexibility index (Phi) is 5.47. The van der Waals surface area contributed by atoms with Crippen LogP contribution in [-0.4, -0.2) is 50.8 Å². The summed E-state index contributed by atoms with van der Waals surface area (Å²) in [7, 11) is -3.79. The molecule has 0 aromatic heterocycles. The van der Waals surface area contributed by atoms with Gasteiger partial charge in [0.25, 0.3) is 16.1 Å². The summed E-state index contributed by atoms with van der Waals surface area (Å²) in [6.45, 7) is 2.77. The van der Waals surface area contributed by atoms with Gasteiger partial charge in [-0.2, -0.15) is 8.42 Å². The molecule has 0 aliphatic carbocycles. The Balaban J connectivity index is 1.79. The lowest BCUT2D eigenvalue weighted by Gasteiger charge is -2.28. The van der Waals surface area contributed by atoms with Crippen molar-refractivity contribution < 1.29 is 17.6 Å². The van der Waals surface area contributed by atoms with Gasteiger partial charge in [-0.25, -0.2) is 10.1 Å². The fraction of sp³-hybridized carbons (Fsp3) is 0.417. The Labute approximate surface area is 133 Å². The number of rotatable bonds is 6. The molecule has 0 bridgehead atoms. The summed E-state index contributed by atoms with van der Waals surface area (Å²) in [5.74, 6) is 0.0689. The van der Waals surface area contributed by atoms with Gasteiger partial charge in [0.15, 0.2) is 5.03 Å². The van der Waals surface area contributed by atoms with Crippen molar-refractivity contribution in [2.45, 2.75) is 11.8 Å². The van der Waals surface area contributed by atoms with Crippen LogP contribution in [-0.2, 0) is 14.3 Å². The van der Waals surface area contributed by atoms with Gasteiger partial charge in [-0.05, 0) is 19.1 Å². The van der Waals surface area contributed by atoms with Crippen LogP contribution in [0.3, 0.4) is 0 Å². The normalized spacial score (nSPS) is 15.6. The smallest absolute Gasteiger partial charge is 0.297 e. The Morgan fingerprint density at radius 2 is 1.91 bits per heavy atom. The Hall–Kier alpha value is -2.24. The summed E-state index contributed by atoms with van der Waals surface area (Å²) in [5, 5.41) is 17.9. The van der Waals surface area contributed by atoms with E-state index in [1.165, 1.54) is 12.1 Å². The first-order valence-corrected chi connectivity index (χ1v) is 8.17. The van der Waals surface area contributed by atoms with Gasteiger partial charge in [0.1, 0.15) is 5.10 Å². The average molecular weight is 343 g/mol. The Morgan fingerprint density at radius 3 is 2.48 bits per heavy atom. The number of hydrogen-bond acceptors (Lipinski definition) is 6. The topological polar surface area (TPSA) is 126 Å². The molecular weight excluding hydrogens is 326 g/mol. The van der Waals surface area contributed by atoms with E-state index in [1.807, 2.05) is 6.92 Å². The number of aryl methyl sites for hydroxylation is 1. The van der Waals surface area contributed by atoms with Gasteiger partial charge in [0, 0.05) is 6.54 Å². The number of nitro groups is 1. The van der Waals surface area contributed by atoms with Crippen LogP contribution < -0.4 is 10.6 Å². The second-order valence-electron chi connectivity index (χ2n) is 4.84. The molecule has 1 saturated heterocycles. The van der Waals surface area contributed by atoms with E-state index in [4.69, 9.17) is 4.18 Å². The first-order chi connectivity index (χ1) is 10.9. The lowest BCUT2D eigenvalue weighted by Crippen LogP contribution is -2.55. The molecule has 0 radical (unpaired) electrons. The molecule has 0 unspecified atom stereocenters. The van der Waals surface area contributed by atoms with Gasteiger partial charge >= 0.3 is 0 Å². The molecule has 126 valence electrons. The molecule has 1 aliphatic rings. The summed E-state index contributed by atoms with van der Waals surface area (Å²) < 4.78 is 29.0. The van der Waals surface area contributed by atoms with Crippen molar-refractivity contribution in [1.29, 1.82) is 0 Å². The van der Waals surface area contributed by atoms with E-state index in [0.717, 1.165) is 5.56 Å². The van der Waals surface area contributed by atoms with Crippen LogP contribution >= 0.6 is 0 Å². The zero-order valence-corrected chi connectivity index (χ0v) is 13.2. The molecule has 0 saturated carbocycles. The van der Waals surface area contributed by atoms with Gasteiger partial charge < -0.3 is 10.6 Å². The van der Waals surface area contributed by atoms with E-state index < -0.39 is 15.2 Å². The van der Waals surface area contributed by atoms with Crippen molar-refractivity contribution in [2.24, 2.45) is 5.10 Å². The van der Waals surface area contributed by atoms with Crippen molar-refractivity contribution >= 4 is 16.1 Å². The molecule has 1 heterocycles. The van der Waals surface area contributed by atoms with Crippen LogP contribution in [0.4, 0.5) is 0 Å². The minimum Gasteiger partial charge on any atom is -0.338 e.